The molecule has 0 aliphatic carbocycles. The highest BCUT2D eigenvalue weighted by atomic mass is 31.3. The molecule has 0 aliphatic rings. The second-order valence-electron chi connectivity index (χ2n) is 4.44. The molecule has 0 fully saturated rings. The van der Waals surface area contributed by atoms with Crippen LogP contribution in [0.1, 0.15) is 13.3 Å². The quantitative estimate of drug-likeness (QED) is 0.121. The van der Waals surface area contributed by atoms with Gasteiger partial charge in [-0.3, -0.25) is 4.52 Å². The molecule has 0 saturated heterocycles. The lowest BCUT2D eigenvalue weighted by atomic mass is 10.5. The second-order valence-corrected chi connectivity index (χ2v) is 12.4. The molecule has 234 valence electrons. The maximum atomic E-state index is 10.6. The minimum absolute atomic E-state index is 0.103. The Labute approximate surface area is 204 Å². The number of phosphoric acid groups is 7. The maximum Gasteiger partial charge on any atom is 0.481 e. The van der Waals surface area contributed by atoms with Gasteiger partial charge >= 0.3 is 54.8 Å². The van der Waals surface area contributed by atoms with Gasteiger partial charge in [0.05, 0.1) is 6.61 Å². The number of hydrogen-bond donors (Lipinski definition) is 18. The second kappa shape index (κ2) is 21.5. The first-order valence-corrected chi connectivity index (χ1v) is 17.8. The Bertz CT molecular complexity index is 724. The molecule has 0 saturated carbocycles. The van der Waals surface area contributed by atoms with Gasteiger partial charge in [0, 0.05) is 0 Å². The molecule has 1 unspecified atom stereocenters. The molecule has 18 N–H and O–H groups in total. The molecule has 0 aromatic rings. The molecule has 0 amide bonds. The van der Waals surface area contributed by atoms with Crippen LogP contribution in [0.4, 0.5) is 0 Å². The number of rotatable bonds is 5. The molecule has 0 aromatic carbocycles. The van der Waals surface area contributed by atoms with E-state index in [1.165, 1.54) is 0 Å². The van der Waals surface area contributed by atoms with Gasteiger partial charge in [0.2, 0.25) is 0 Å². The highest BCUT2D eigenvalue weighted by Gasteiger charge is 2.31. The van der Waals surface area contributed by atoms with E-state index in [2.05, 4.69) is 8.83 Å². The van der Waals surface area contributed by atoms with Crippen molar-refractivity contribution in [3.05, 3.63) is 0 Å². The highest BCUT2D eigenvalue weighted by Crippen LogP contribution is 2.57. The van der Waals surface area contributed by atoms with Crippen LogP contribution < -0.4 is 0 Å². The summed E-state index contributed by atoms with van der Waals surface area (Å²) in [5, 5.41) is 0. The zero-order chi connectivity index (χ0) is 32.3. The van der Waals surface area contributed by atoms with Gasteiger partial charge in [-0.2, -0.15) is 4.31 Å². The van der Waals surface area contributed by atoms with E-state index in [0.717, 1.165) is 0 Å². The van der Waals surface area contributed by atoms with E-state index < -0.39 is 54.8 Å². The van der Waals surface area contributed by atoms with Crippen LogP contribution in [0.25, 0.3) is 0 Å². The van der Waals surface area contributed by atoms with Crippen molar-refractivity contribution < 1.29 is 129 Å². The van der Waals surface area contributed by atoms with Gasteiger partial charge in [-0.25, -0.2) is 32.0 Å². The van der Waals surface area contributed by atoms with Crippen molar-refractivity contribution in [2.24, 2.45) is 0 Å². The summed E-state index contributed by atoms with van der Waals surface area (Å²) in [4.78, 5) is 133. The van der Waals surface area contributed by atoms with Crippen molar-refractivity contribution in [1.29, 1.82) is 0 Å². The van der Waals surface area contributed by atoms with Gasteiger partial charge in [0.15, 0.2) is 0 Å². The van der Waals surface area contributed by atoms with Crippen LogP contribution in [0.3, 0.4) is 0 Å². The molecular weight excluding hydrogens is 685 g/mol. The predicted octanol–water partition coefficient (Wildman–Crippen LogP) is -4.02. The van der Waals surface area contributed by atoms with Crippen LogP contribution in [-0.2, 0) is 40.8 Å². The molecule has 37 heavy (non-hydrogen) atoms. The molecule has 1 atom stereocenters. The topological polar surface area (TPSA) is 502 Å². The summed E-state index contributed by atoms with van der Waals surface area (Å²) in [5.74, 6) is 0. The van der Waals surface area contributed by atoms with Crippen molar-refractivity contribution in [3.63, 3.8) is 0 Å². The van der Waals surface area contributed by atoms with E-state index >= 15 is 0 Å². The summed E-state index contributed by atoms with van der Waals surface area (Å²) in [7, 11) is -32.8. The molecule has 0 aliphatic heterocycles. The van der Waals surface area contributed by atoms with Crippen molar-refractivity contribution in [3.8, 4) is 0 Å². The molecular formula is C3H25O27P7. The van der Waals surface area contributed by atoms with Gasteiger partial charge in [0.1, 0.15) is 0 Å². The third-order valence-corrected chi connectivity index (χ3v) is 2.85. The summed E-state index contributed by atoms with van der Waals surface area (Å²) in [6.45, 7) is 1.56. The van der Waals surface area contributed by atoms with Crippen LogP contribution in [0, 0.1) is 0 Å². The zero-order valence-electron chi connectivity index (χ0n) is 17.3. The first-order valence-electron chi connectivity index (χ1n) is 6.92. The predicted molar refractivity (Wildman–Crippen MR) is 111 cm³/mol. The summed E-state index contributed by atoms with van der Waals surface area (Å²) in [5.41, 5.74) is 0. The maximum absolute atomic E-state index is 10.6. The minimum Gasteiger partial charge on any atom is -0.303 e. The van der Waals surface area contributed by atoms with Crippen LogP contribution in [-0.4, -0.2) is 94.7 Å². The minimum atomic E-state index is -4.97. The Morgan fingerprint density at radius 3 is 0.703 bits per heavy atom. The third kappa shape index (κ3) is 320. The molecule has 0 aromatic heterocycles. The van der Waals surface area contributed by atoms with E-state index in [4.69, 9.17) is 111 Å². The average Bonchev–Trinajstić information content (AvgIpc) is 2.32. The largest absolute Gasteiger partial charge is 0.481 e. The van der Waals surface area contributed by atoms with Crippen LogP contribution in [0.5, 0.6) is 0 Å². The first kappa shape index (κ1) is 50.6. The normalized spacial score (nSPS) is 13.6. The van der Waals surface area contributed by atoms with Crippen molar-refractivity contribution in [2.75, 3.05) is 6.61 Å². The van der Waals surface area contributed by atoms with Gasteiger partial charge in [-0.05, 0) is 6.42 Å². The Hall–Kier alpha value is 0.810. The van der Waals surface area contributed by atoms with Gasteiger partial charge in [-0.1, -0.05) is 6.92 Å². The molecule has 0 heterocycles. The molecule has 34 heteroatoms. The first-order chi connectivity index (χ1) is 15.3. The monoisotopic (exact) mass is 710 g/mol. The summed E-state index contributed by atoms with van der Waals surface area (Å²) in [6.07, 6.45) is 0.440. The standard InChI is InChI=1S/C3H10O7P2.5H3O4P/c1-2-3-9-12(7,8)10-11(4,5)6;5*1-5(2,3)4/h2-3H2,1H3,(H,7,8)(H2,4,5,6);5*(H3,1,2,3,4). The lowest BCUT2D eigenvalue weighted by Gasteiger charge is -2.11. The van der Waals surface area contributed by atoms with Crippen molar-refractivity contribution in [2.45, 2.75) is 13.3 Å². The number of hydrogen-bond acceptors (Lipinski definition) is 9. The van der Waals surface area contributed by atoms with E-state index in [-0.39, 0.29) is 6.61 Å². The highest BCUT2D eigenvalue weighted by molar-refractivity contribution is 7.60. The summed E-state index contributed by atoms with van der Waals surface area (Å²) in [6, 6.07) is 0. The van der Waals surface area contributed by atoms with Crippen molar-refractivity contribution >= 4 is 54.8 Å². The molecule has 0 radical (unpaired) electrons. The third-order valence-electron chi connectivity index (χ3n) is 0.668. The molecule has 27 nitrogen and oxygen atoms in total. The fourth-order valence-corrected chi connectivity index (χ4v) is 2.04. The van der Waals surface area contributed by atoms with E-state index in [0.29, 0.717) is 6.42 Å². The molecule has 0 rings (SSSR count). The van der Waals surface area contributed by atoms with Crippen LogP contribution in [0.2, 0.25) is 0 Å². The molecule has 0 spiro atoms. The lowest BCUT2D eigenvalue weighted by Crippen LogP contribution is -1.94. The average molecular weight is 710 g/mol. The Morgan fingerprint density at radius 2 is 0.595 bits per heavy atom. The SMILES string of the molecule is CCCOP(=O)(O)OP(=O)(O)O.O=P(O)(O)O.O=P(O)(O)O.O=P(O)(O)O.O=P(O)(O)O.O=P(O)(O)O. The summed E-state index contributed by atoms with van der Waals surface area (Å²) < 4.78 is 72.7. The Kier molecular flexibility index (Phi) is 29.5. The van der Waals surface area contributed by atoms with Crippen LogP contribution >= 0.6 is 54.8 Å². The smallest absolute Gasteiger partial charge is 0.303 e. The van der Waals surface area contributed by atoms with E-state index in [1.54, 1.807) is 6.92 Å². The molecule has 0 bridgehead atoms. The lowest BCUT2D eigenvalue weighted by molar-refractivity contribution is 0.178. The Morgan fingerprint density at radius 1 is 0.432 bits per heavy atom. The van der Waals surface area contributed by atoms with Gasteiger partial charge in [-0.15, -0.1) is 0 Å². The van der Waals surface area contributed by atoms with Crippen molar-refractivity contribution in [1.82, 2.24) is 0 Å². The fraction of sp³-hybridized carbons (Fsp3) is 1.00. The fourth-order valence-electron chi connectivity index (χ4n) is 0.365. The van der Waals surface area contributed by atoms with Crippen LogP contribution in [0.15, 0.2) is 0 Å². The zero-order valence-corrected chi connectivity index (χ0v) is 23.5. The van der Waals surface area contributed by atoms with E-state index in [9.17, 15) is 9.13 Å². The Balaban J connectivity index is -0.0000000825. The summed E-state index contributed by atoms with van der Waals surface area (Å²) >= 11 is 0. The van der Waals surface area contributed by atoms with E-state index in [1.807, 2.05) is 0 Å². The van der Waals surface area contributed by atoms with Gasteiger partial charge < -0.3 is 88.1 Å². The van der Waals surface area contributed by atoms with Gasteiger partial charge in [0.25, 0.3) is 0 Å². The number of phosphoric ester groups is 1.